The highest BCUT2D eigenvalue weighted by molar-refractivity contribution is 5.91. The van der Waals surface area contributed by atoms with E-state index in [9.17, 15) is 19.5 Å². The SMILES string of the molecule is CCO[C@H](C(=O)O)[C@@H](CCCc1ccccc1-c1cccc(C)c1)C(=O)N[C@H](C(=O)N[C@H](C)c1ccccc1)C(C)(C)C. The Kier molecular flexibility index (Phi) is 12.1. The fourth-order valence-corrected chi connectivity index (χ4v) is 5.35. The molecule has 4 atom stereocenters. The molecule has 2 amide bonds. The Balaban J connectivity index is 1.80. The molecule has 7 heteroatoms. The lowest BCUT2D eigenvalue weighted by molar-refractivity contribution is -0.158. The predicted molar refractivity (Wildman–Crippen MR) is 170 cm³/mol. The van der Waals surface area contributed by atoms with Crippen LogP contribution < -0.4 is 10.6 Å². The number of carbonyl (C=O) groups is 3. The van der Waals surface area contributed by atoms with Gasteiger partial charge in [-0.3, -0.25) is 9.59 Å². The molecule has 0 unspecified atom stereocenters. The summed E-state index contributed by atoms with van der Waals surface area (Å²) in [6, 6.07) is 24.9. The highest BCUT2D eigenvalue weighted by Gasteiger charge is 2.39. The summed E-state index contributed by atoms with van der Waals surface area (Å²) in [6.45, 7) is 11.4. The molecule has 0 aliphatic heterocycles. The van der Waals surface area contributed by atoms with Crippen molar-refractivity contribution in [3.05, 3.63) is 95.6 Å². The normalized spacial score (nSPS) is 14.3. The second-order valence-corrected chi connectivity index (χ2v) is 12.2. The summed E-state index contributed by atoms with van der Waals surface area (Å²) in [7, 11) is 0. The van der Waals surface area contributed by atoms with Gasteiger partial charge in [-0.15, -0.1) is 0 Å². The number of aryl methyl sites for hydroxylation is 2. The number of nitrogens with one attached hydrogen (secondary N) is 2. The Bertz CT molecular complexity index is 1370. The molecule has 43 heavy (non-hydrogen) atoms. The van der Waals surface area contributed by atoms with Gasteiger partial charge in [-0.25, -0.2) is 4.79 Å². The van der Waals surface area contributed by atoms with E-state index < -0.39 is 35.4 Å². The van der Waals surface area contributed by atoms with Crippen molar-refractivity contribution in [3.8, 4) is 11.1 Å². The van der Waals surface area contributed by atoms with Crippen molar-refractivity contribution in [2.75, 3.05) is 6.61 Å². The van der Waals surface area contributed by atoms with Crippen LogP contribution in [-0.4, -0.2) is 41.6 Å². The maximum absolute atomic E-state index is 13.8. The summed E-state index contributed by atoms with van der Waals surface area (Å²) in [5.74, 6) is -3.01. The van der Waals surface area contributed by atoms with Gasteiger partial charge >= 0.3 is 5.97 Å². The molecule has 230 valence electrons. The Morgan fingerprint density at radius 1 is 0.884 bits per heavy atom. The highest BCUT2D eigenvalue weighted by atomic mass is 16.5. The molecule has 0 radical (unpaired) electrons. The Hall–Kier alpha value is -3.97. The standard InChI is InChI=1S/C36H46N2O5/c1-7-43-31(35(41)42)30(22-14-19-27-18-11-12-21-29(27)28-20-13-15-24(2)23-28)33(39)38-32(36(4,5)6)34(40)37-25(3)26-16-9-8-10-17-26/h8-13,15-18,20-21,23,25,30-32H,7,14,19,22H2,1-6H3,(H,37,40)(H,38,39)(H,41,42)/t25-,30-,31+,32-/m1/s1. The van der Waals surface area contributed by atoms with Crippen molar-refractivity contribution < 1.29 is 24.2 Å². The number of carboxylic acids is 1. The fourth-order valence-electron chi connectivity index (χ4n) is 5.35. The molecule has 3 N–H and O–H groups in total. The summed E-state index contributed by atoms with van der Waals surface area (Å²) < 4.78 is 5.58. The fraction of sp³-hybridized carbons (Fsp3) is 0.417. The number of hydrogen-bond acceptors (Lipinski definition) is 4. The van der Waals surface area contributed by atoms with Crippen molar-refractivity contribution in [2.45, 2.75) is 79.0 Å². The first-order valence-electron chi connectivity index (χ1n) is 15.1. The molecule has 0 aromatic heterocycles. The third kappa shape index (κ3) is 9.52. The van der Waals surface area contributed by atoms with E-state index in [1.54, 1.807) is 6.92 Å². The smallest absolute Gasteiger partial charge is 0.333 e. The van der Waals surface area contributed by atoms with E-state index in [1.807, 2.05) is 76.2 Å². The third-order valence-electron chi connectivity index (χ3n) is 7.67. The van der Waals surface area contributed by atoms with Gasteiger partial charge in [0.15, 0.2) is 6.10 Å². The lowest BCUT2D eigenvalue weighted by Crippen LogP contribution is -2.56. The van der Waals surface area contributed by atoms with E-state index in [-0.39, 0.29) is 25.0 Å². The Morgan fingerprint density at radius 2 is 1.56 bits per heavy atom. The van der Waals surface area contributed by atoms with Gasteiger partial charge in [-0.05, 0) is 67.7 Å². The van der Waals surface area contributed by atoms with Crippen molar-refractivity contribution in [1.82, 2.24) is 10.6 Å². The number of carboxylic acid groups (broad SMARTS) is 1. The second kappa shape index (κ2) is 15.5. The quantitative estimate of drug-likeness (QED) is 0.200. The molecule has 0 aliphatic carbocycles. The van der Waals surface area contributed by atoms with Gasteiger partial charge in [-0.1, -0.05) is 105 Å². The lowest BCUT2D eigenvalue weighted by atomic mass is 9.84. The van der Waals surface area contributed by atoms with E-state index in [0.29, 0.717) is 12.8 Å². The van der Waals surface area contributed by atoms with E-state index in [1.165, 1.54) is 5.56 Å². The molecule has 0 saturated carbocycles. The largest absolute Gasteiger partial charge is 0.479 e. The predicted octanol–water partition coefficient (Wildman–Crippen LogP) is 6.50. The molecule has 0 heterocycles. The zero-order valence-electron chi connectivity index (χ0n) is 26.2. The van der Waals surface area contributed by atoms with Gasteiger partial charge in [0.25, 0.3) is 0 Å². The van der Waals surface area contributed by atoms with Crippen molar-refractivity contribution in [1.29, 1.82) is 0 Å². The molecule has 0 aliphatic rings. The van der Waals surface area contributed by atoms with Crippen LogP contribution in [0.15, 0.2) is 78.9 Å². The molecule has 0 bridgehead atoms. The number of hydrogen-bond donors (Lipinski definition) is 3. The van der Waals surface area contributed by atoms with Crippen LogP contribution in [-0.2, 0) is 25.5 Å². The lowest BCUT2D eigenvalue weighted by Gasteiger charge is -2.33. The first-order valence-corrected chi connectivity index (χ1v) is 15.1. The van der Waals surface area contributed by atoms with Crippen LogP contribution in [0.3, 0.4) is 0 Å². The minimum absolute atomic E-state index is 0.148. The average Bonchev–Trinajstić information content (AvgIpc) is 2.97. The maximum atomic E-state index is 13.8. The van der Waals surface area contributed by atoms with Gasteiger partial charge in [0.1, 0.15) is 6.04 Å². The maximum Gasteiger partial charge on any atom is 0.333 e. The number of carbonyl (C=O) groups excluding carboxylic acids is 2. The number of amides is 2. The van der Waals surface area contributed by atoms with Crippen LogP contribution in [0.5, 0.6) is 0 Å². The summed E-state index contributed by atoms with van der Waals surface area (Å²) in [5.41, 5.74) is 4.84. The van der Waals surface area contributed by atoms with Crippen molar-refractivity contribution >= 4 is 17.8 Å². The minimum atomic E-state index is -1.33. The molecule has 0 fully saturated rings. The van der Waals surface area contributed by atoms with E-state index in [0.717, 1.165) is 22.3 Å². The van der Waals surface area contributed by atoms with Gasteiger partial charge in [0.2, 0.25) is 11.8 Å². The average molecular weight is 587 g/mol. The topological polar surface area (TPSA) is 105 Å². The van der Waals surface area contributed by atoms with Gasteiger partial charge in [0, 0.05) is 6.61 Å². The molecule has 3 aromatic carbocycles. The van der Waals surface area contributed by atoms with Crippen molar-refractivity contribution in [2.24, 2.45) is 11.3 Å². The van der Waals surface area contributed by atoms with Gasteiger partial charge in [0.05, 0.1) is 12.0 Å². The molecular weight excluding hydrogens is 540 g/mol. The summed E-state index contributed by atoms with van der Waals surface area (Å²) in [6.07, 6.45) is 0.173. The van der Waals surface area contributed by atoms with Gasteiger partial charge < -0.3 is 20.5 Å². The number of ether oxygens (including phenoxy) is 1. The second-order valence-electron chi connectivity index (χ2n) is 12.2. The van der Waals surface area contributed by atoms with Gasteiger partial charge in [-0.2, -0.15) is 0 Å². The zero-order valence-corrected chi connectivity index (χ0v) is 26.2. The van der Waals surface area contributed by atoms with Crippen LogP contribution in [0.25, 0.3) is 11.1 Å². The number of aliphatic carboxylic acids is 1. The van der Waals surface area contributed by atoms with Crippen LogP contribution in [0.4, 0.5) is 0 Å². The van der Waals surface area contributed by atoms with E-state index >= 15 is 0 Å². The molecule has 0 saturated heterocycles. The van der Waals surface area contributed by atoms with Crippen LogP contribution >= 0.6 is 0 Å². The van der Waals surface area contributed by atoms with Crippen LogP contribution in [0, 0.1) is 18.3 Å². The molecule has 0 spiro atoms. The number of benzene rings is 3. The molecule has 3 rings (SSSR count). The van der Waals surface area contributed by atoms with Crippen LogP contribution in [0.2, 0.25) is 0 Å². The molecule has 3 aromatic rings. The monoisotopic (exact) mass is 586 g/mol. The first-order chi connectivity index (χ1) is 20.4. The third-order valence-corrected chi connectivity index (χ3v) is 7.67. The molecular formula is C36H46N2O5. The Labute approximate surface area is 256 Å². The summed E-state index contributed by atoms with van der Waals surface area (Å²) >= 11 is 0. The summed E-state index contributed by atoms with van der Waals surface area (Å²) in [5, 5.41) is 15.9. The van der Waals surface area contributed by atoms with E-state index in [2.05, 4.69) is 47.9 Å². The minimum Gasteiger partial charge on any atom is -0.479 e. The van der Waals surface area contributed by atoms with Crippen molar-refractivity contribution in [3.63, 3.8) is 0 Å². The van der Waals surface area contributed by atoms with E-state index in [4.69, 9.17) is 4.74 Å². The number of rotatable bonds is 14. The summed E-state index contributed by atoms with van der Waals surface area (Å²) in [4.78, 5) is 39.6. The molecule has 7 nitrogen and oxygen atoms in total. The van der Waals surface area contributed by atoms with Crippen LogP contribution in [0.1, 0.15) is 70.2 Å². The highest BCUT2D eigenvalue weighted by Crippen LogP contribution is 2.28. The zero-order chi connectivity index (χ0) is 31.6. The first kappa shape index (κ1) is 33.5. The Morgan fingerprint density at radius 3 is 2.19 bits per heavy atom.